The van der Waals surface area contributed by atoms with Gasteiger partial charge in [0.05, 0.1) is 22.6 Å². The van der Waals surface area contributed by atoms with Crippen molar-refractivity contribution < 1.29 is 9.34 Å². The molecule has 0 saturated carbocycles. The normalized spacial score (nSPS) is 10.4. The molecular formula is C13H8N2O3. The molecular weight excluding hydrogens is 232 g/mol. The highest BCUT2D eigenvalue weighted by Gasteiger charge is 2.03. The molecule has 0 spiro atoms. The summed E-state index contributed by atoms with van der Waals surface area (Å²) < 4.78 is 5.42. The second-order valence-electron chi connectivity index (χ2n) is 3.49. The van der Waals surface area contributed by atoms with Gasteiger partial charge >= 0.3 is 0 Å². The number of furan rings is 1. The zero-order chi connectivity index (χ0) is 13.0. The molecule has 5 nitrogen and oxygen atoms in total. The summed E-state index contributed by atoms with van der Waals surface area (Å²) in [5, 5.41) is 18.8. The van der Waals surface area contributed by atoms with Gasteiger partial charge in [-0.3, -0.25) is 10.1 Å². The smallest absolute Gasteiger partial charge is 0.238 e. The molecule has 1 heterocycles. The van der Waals surface area contributed by atoms with Gasteiger partial charge in [0.2, 0.25) is 6.20 Å². The topological polar surface area (TPSA) is 80.1 Å². The van der Waals surface area contributed by atoms with Crippen molar-refractivity contribution >= 4 is 6.08 Å². The fraction of sp³-hybridized carbons (Fsp3) is 0. The quantitative estimate of drug-likeness (QED) is 0.609. The van der Waals surface area contributed by atoms with Crippen LogP contribution < -0.4 is 0 Å². The summed E-state index contributed by atoms with van der Waals surface area (Å²) >= 11 is 0. The van der Waals surface area contributed by atoms with Gasteiger partial charge in [-0.1, -0.05) is 0 Å². The maximum Gasteiger partial charge on any atom is 0.238 e. The first-order chi connectivity index (χ1) is 8.69. The molecule has 0 atom stereocenters. The van der Waals surface area contributed by atoms with Crippen LogP contribution in [0.3, 0.4) is 0 Å². The van der Waals surface area contributed by atoms with Crippen LogP contribution in [0.5, 0.6) is 0 Å². The van der Waals surface area contributed by atoms with E-state index in [1.165, 1.54) is 6.08 Å². The third-order valence-electron chi connectivity index (χ3n) is 2.29. The maximum atomic E-state index is 10.2. The summed E-state index contributed by atoms with van der Waals surface area (Å²) in [6.45, 7) is 0. The lowest BCUT2D eigenvalue weighted by Gasteiger charge is -1.95. The van der Waals surface area contributed by atoms with E-state index < -0.39 is 4.92 Å². The van der Waals surface area contributed by atoms with Crippen molar-refractivity contribution in [2.45, 2.75) is 0 Å². The molecule has 0 saturated heterocycles. The van der Waals surface area contributed by atoms with Crippen LogP contribution in [0, 0.1) is 21.4 Å². The minimum absolute atomic E-state index is 0.408. The SMILES string of the molecule is N#Cc1ccc(-c2ccc(/C=C/[N+](=O)[O-])o2)cc1. The Balaban J connectivity index is 2.24. The number of rotatable bonds is 3. The zero-order valence-electron chi connectivity index (χ0n) is 9.24. The minimum Gasteiger partial charge on any atom is -0.457 e. The van der Waals surface area contributed by atoms with E-state index in [1.54, 1.807) is 36.4 Å². The van der Waals surface area contributed by atoms with Crippen LogP contribution in [0.2, 0.25) is 0 Å². The molecule has 0 aliphatic heterocycles. The van der Waals surface area contributed by atoms with Crippen LogP contribution in [-0.4, -0.2) is 4.92 Å². The first kappa shape index (κ1) is 11.6. The molecule has 1 aromatic carbocycles. The van der Waals surface area contributed by atoms with Gasteiger partial charge in [0.1, 0.15) is 11.5 Å². The first-order valence-electron chi connectivity index (χ1n) is 5.11. The van der Waals surface area contributed by atoms with E-state index in [1.807, 2.05) is 6.07 Å². The van der Waals surface area contributed by atoms with Gasteiger partial charge in [0.25, 0.3) is 0 Å². The molecule has 0 unspecified atom stereocenters. The van der Waals surface area contributed by atoms with Gasteiger partial charge in [-0.15, -0.1) is 0 Å². The van der Waals surface area contributed by atoms with E-state index >= 15 is 0 Å². The molecule has 0 fully saturated rings. The van der Waals surface area contributed by atoms with Crippen molar-refractivity contribution in [3.63, 3.8) is 0 Å². The first-order valence-corrected chi connectivity index (χ1v) is 5.11. The largest absolute Gasteiger partial charge is 0.457 e. The van der Waals surface area contributed by atoms with Gasteiger partial charge in [-0.05, 0) is 36.4 Å². The number of nitrogens with zero attached hydrogens (tertiary/aromatic N) is 2. The van der Waals surface area contributed by atoms with E-state index in [0.29, 0.717) is 17.1 Å². The van der Waals surface area contributed by atoms with Gasteiger partial charge < -0.3 is 4.42 Å². The lowest BCUT2D eigenvalue weighted by Crippen LogP contribution is -1.81. The second kappa shape index (κ2) is 4.97. The minimum atomic E-state index is -0.552. The highest BCUT2D eigenvalue weighted by Crippen LogP contribution is 2.23. The zero-order valence-corrected chi connectivity index (χ0v) is 9.24. The van der Waals surface area contributed by atoms with E-state index in [0.717, 1.165) is 11.8 Å². The number of hydrogen-bond donors (Lipinski definition) is 0. The van der Waals surface area contributed by atoms with Crippen LogP contribution in [0.15, 0.2) is 47.0 Å². The van der Waals surface area contributed by atoms with Crippen molar-refractivity contribution in [2.24, 2.45) is 0 Å². The third kappa shape index (κ3) is 2.62. The van der Waals surface area contributed by atoms with E-state index in [9.17, 15) is 10.1 Å². The number of hydrogen-bond acceptors (Lipinski definition) is 4. The lowest BCUT2D eigenvalue weighted by atomic mass is 10.1. The van der Waals surface area contributed by atoms with Gasteiger partial charge in [0, 0.05) is 5.56 Å². The average molecular weight is 240 g/mol. The monoisotopic (exact) mass is 240 g/mol. The van der Waals surface area contributed by atoms with E-state index in [4.69, 9.17) is 9.68 Å². The van der Waals surface area contributed by atoms with Crippen LogP contribution in [0.25, 0.3) is 17.4 Å². The predicted octanol–water partition coefficient (Wildman–Crippen LogP) is 3.07. The standard InChI is InChI=1S/C13H8N2O3/c14-9-10-1-3-11(4-2-10)13-6-5-12(18-13)7-8-15(16)17/h1-8H/b8-7+. The molecule has 18 heavy (non-hydrogen) atoms. The molecule has 2 rings (SSSR count). The summed E-state index contributed by atoms with van der Waals surface area (Å²) in [4.78, 5) is 9.61. The maximum absolute atomic E-state index is 10.2. The van der Waals surface area contributed by atoms with Crippen LogP contribution in [0.4, 0.5) is 0 Å². The number of nitro groups is 1. The highest BCUT2D eigenvalue weighted by atomic mass is 16.6. The lowest BCUT2D eigenvalue weighted by molar-refractivity contribution is -0.401. The average Bonchev–Trinajstić information content (AvgIpc) is 2.85. The predicted molar refractivity (Wildman–Crippen MR) is 64.9 cm³/mol. The summed E-state index contributed by atoms with van der Waals surface area (Å²) in [5.41, 5.74) is 1.38. The van der Waals surface area contributed by atoms with Gasteiger partial charge in [0.15, 0.2) is 0 Å². The Kier molecular flexibility index (Phi) is 3.21. The Labute approximate surface area is 103 Å². The van der Waals surface area contributed by atoms with Crippen molar-refractivity contribution in [1.29, 1.82) is 5.26 Å². The van der Waals surface area contributed by atoms with Crippen molar-refractivity contribution in [3.8, 4) is 17.4 Å². The number of benzene rings is 1. The fourth-order valence-corrected chi connectivity index (χ4v) is 1.44. The second-order valence-corrected chi connectivity index (χ2v) is 3.49. The Morgan fingerprint density at radius 3 is 2.56 bits per heavy atom. The Morgan fingerprint density at radius 2 is 1.94 bits per heavy atom. The van der Waals surface area contributed by atoms with Gasteiger partial charge in [-0.25, -0.2) is 0 Å². The molecule has 0 amide bonds. The van der Waals surface area contributed by atoms with Gasteiger partial charge in [-0.2, -0.15) is 5.26 Å². The molecule has 2 aromatic rings. The molecule has 0 aliphatic rings. The summed E-state index contributed by atoms with van der Waals surface area (Å²) in [5.74, 6) is 1.01. The fourth-order valence-electron chi connectivity index (χ4n) is 1.44. The van der Waals surface area contributed by atoms with E-state index in [2.05, 4.69) is 0 Å². The number of nitriles is 1. The molecule has 0 aliphatic carbocycles. The van der Waals surface area contributed by atoms with Crippen molar-refractivity contribution in [3.05, 3.63) is 64.0 Å². The Morgan fingerprint density at radius 1 is 1.22 bits per heavy atom. The van der Waals surface area contributed by atoms with Crippen molar-refractivity contribution in [2.75, 3.05) is 0 Å². The Hall–Kier alpha value is -2.87. The molecule has 0 bridgehead atoms. The molecule has 0 radical (unpaired) electrons. The molecule has 1 aromatic heterocycles. The summed E-state index contributed by atoms with van der Waals surface area (Å²) in [7, 11) is 0. The highest BCUT2D eigenvalue weighted by molar-refractivity contribution is 5.60. The summed E-state index contributed by atoms with van der Waals surface area (Å²) in [6.07, 6.45) is 2.11. The molecule has 88 valence electrons. The van der Waals surface area contributed by atoms with Crippen LogP contribution >= 0.6 is 0 Å². The van der Waals surface area contributed by atoms with Crippen LogP contribution in [-0.2, 0) is 0 Å². The van der Waals surface area contributed by atoms with E-state index in [-0.39, 0.29) is 0 Å². The molecule has 0 N–H and O–H groups in total. The van der Waals surface area contributed by atoms with Crippen molar-refractivity contribution in [1.82, 2.24) is 0 Å². The van der Waals surface area contributed by atoms with Crippen LogP contribution in [0.1, 0.15) is 11.3 Å². The Bertz CT molecular complexity index is 633. The summed E-state index contributed by atoms with van der Waals surface area (Å²) in [6, 6.07) is 12.3. The third-order valence-corrected chi connectivity index (χ3v) is 2.29. The molecule has 5 heteroatoms.